The van der Waals surface area contributed by atoms with Gasteiger partial charge in [-0.25, -0.2) is 0 Å². The molecular weight excluding hydrogens is 224 g/mol. The molecule has 0 unspecified atom stereocenters. The van der Waals surface area contributed by atoms with Crippen LogP contribution >= 0.6 is 0 Å². The van der Waals surface area contributed by atoms with Gasteiger partial charge in [-0.15, -0.1) is 0 Å². The van der Waals surface area contributed by atoms with Crippen LogP contribution in [0.5, 0.6) is 0 Å². The number of carboxylic acid groups (broad SMARTS) is 1. The van der Waals surface area contributed by atoms with Crippen molar-refractivity contribution in [2.75, 3.05) is 0 Å². The van der Waals surface area contributed by atoms with Gasteiger partial charge >= 0.3 is 5.97 Å². The third kappa shape index (κ3) is 9.49. The van der Waals surface area contributed by atoms with Crippen LogP contribution in [0, 0.1) is 11.8 Å². The highest BCUT2D eigenvalue weighted by Crippen LogP contribution is 2.25. The van der Waals surface area contributed by atoms with Gasteiger partial charge in [0, 0.05) is 6.42 Å². The van der Waals surface area contributed by atoms with E-state index in [1.54, 1.807) is 0 Å². The molecule has 0 radical (unpaired) electrons. The smallest absolute Gasteiger partial charge is 0.303 e. The molecule has 0 fully saturated rings. The first-order valence-electron chi connectivity index (χ1n) is 7.85. The zero-order chi connectivity index (χ0) is 13.8. The largest absolute Gasteiger partial charge is 0.481 e. The molecule has 1 N–H and O–H groups in total. The van der Waals surface area contributed by atoms with E-state index in [9.17, 15) is 4.79 Å². The molecule has 0 aromatic rings. The molecule has 0 spiro atoms. The number of carboxylic acids is 1. The average Bonchev–Trinajstić information content (AvgIpc) is 2.34. The summed E-state index contributed by atoms with van der Waals surface area (Å²) in [4.78, 5) is 10.7. The second-order valence-corrected chi connectivity index (χ2v) is 5.60. The predicted molar refractivity (Wildman–Crippen MR) is 77.8 cm³/mol. The van der Waals surface area contributed by atoms with E-state index in [4.69, 9.17) is 5.11 Å². The Morgan fingerprint density at radius 3 is 2.06 bits per heavy atom. The van der Waals surface area contributed by atoms with Gasteiger partial charge in [-0.05, 0) is 18.3 Å². The van der Waals surface area contributed by atoms with Gasteiger partial charge in [0.2, 0.25) is 0 Å². The number of carbonyl (C=O) groups is 1. The SMILES string of the molecule is CCCCC[C@@H](CCC)CC[C@@H](CC)CC(=O)O. The predicted octanol–water partition coefficient (Wildman–Crippen LogP) is 5.26. The van der Waals surface area contributed by atoms with Crippen LogP contribution in [0.3, 0.4) is 0 Å². The van der Waals surface area contributed by atoms with E-state index in [0.717, 1.165) is 18.8 Å². The minimum atomic E-state index is -0.639. The highest BCUT2D eigenvalue weighted by molar-refractivity contribution is 5.66. The molecule has 2 atom stereocenters. The highest BCUT2D eigenvalue weighted by Gasteiger charge is 2.14. The van der Waals surface area contributed by atoms with Crippen LogP contribution in [0.2, 0.25) is 0 Å². The highest BCUT2D eigenvalue weighted by atomic mass is 16.4. The molecular formula is C16H32O2. The maximum Gasteiger partial charge on any atom is 0.303 e. The molecule has 0 heterocycles. The average molecular weight is 256 g/mol. The van der Waals surface area contributed by atoms with Crippen molar-refractivity contribution in [1.82, 2.24) is 0 Å². The van der Waals surface area contributed by atoms with Crippen LogP contribution in [0.4, 0.5) is 0 Å². The van der Waals surface area contributed by atoms with Crippen LogP contribution in [-0.4, -0.2) is 11.1 Å². The fraction of sp³-hybridized carbons (Fsp3) is 0.938. The summed E-state index contributed by atoms with van der Waals surface area (Å²) >= 11 is 0. The van der Waals surface area contributed by atoms with E-state index in [-0.39, 0.29) is 0 Å². The summed E-state index contributed by atoms with van der Waals surface area (Å²) in [5.41, 5.74) is 0. The van der Waals surface area contributed by atoms with Crippen molar-refractivity contribution >= 4 is 5.97 Å². The molecule has 0 aliphatic rings. The zero-order valence-corrected chi connectivity index (χ0v) is 12.6. The molecule has 0 saturated heterocycles. The fourth-order valence-corrected chi connectivity index (χ4v) is 2.69. The van der Waals surface area contributed by atoms with Gasteiger partial charge in [0.1, 0.15) is 0 Å². The van der Waals surface area contributed by atoms with E-state index in [1.807, 2.05) is 0 Å². The van der Waals surface area contributed by atoms with Crippen LogP contribution in [-0.2, 0) is 4.79 Å². The second kappa shape index (κ2) is 11.6. The van der Waals surface area contributed by atoms with Crippen LogP contribution in [0.1, 0.15) is 85.0 Å². The van der Waals surface area contributed by atoms with Crippen molar-refractivity contribution in [3.8, 4) is 0 Å². The lowest BCUT2D eigenvalue weighted by Gasteiger charge is -2.19. The molecule has 2 nitrogen and oxygen atoms in total. The van der Waals surface area contributed by atoms with Gasteiger partial charge in [-0.3, -0.25) is 4.79 Å². The lowest BCUT2D eigenvalue weighted by atomic mass is 9.87. The maximum absolute atomic E-state index is 10.7. The Bertz CT molecular complexity index is 201. The van der Waals surface area contributed by atoms with Gasteiger partial charge in [-0.1, -0.05) is 72.1 Å². The summed E-state index contributed by atoms with van der Waals surface area (Å²) in [7, 11) is 0. The lowest BCUT2D eigenvalue weighted by Crippen LogP contribution is -2.10. The second-order valence-electron chi connectivity index (χ2n) is 5.60. The van der Waals surface area contributed by atoms with E-state index in [2.05, 4.69) is 20.8 Å². The number of unbranched alkanes of at least 4 members (excludes halogenated alkanes) is 2. The lowest BCUT2D eigenvalue weighted by molar-refractivity contribution is -0.138. The van der Waals surface area contributed by atoms with Gasteiger partial charge in [0.05, 0.1) is 0 Å². The quantitative estimate of drug-likeness (QED) is 0.483. The van der Waals surface area contributed by atoms with E-state index < -0.39 is 5.97 Å². The first-order valence-corrected chi connectivity index (χ1v) is 7.85. The van der Waals surface area contributed by atoms with Gasteiger partial charge in [0.15, 0.2) is 0 Å². The van der Waals surface area contributed by atoms with Crippen molar-refractivity contribution < 1.29 is 9.90 Å². The van der Waals surface area contributed by atoms with Crippen molar-refractivity contribution in [2.45, 2.75) is 85.0 Å². The molecule has 0 aliphatic heterocycles. The third-order valence-electron chi connectivity index (χ3n) is 3.94. The summed E-state index contributed by atoms with van der Waals surface area (Å²) in [6.45, 7) is 6.61. The minimum absolute atomic E-state index is 0.351. The Hall–Kier alpha value is -0.530. The Morgan fingerprint density at radius 1 is 0.889 bits per heavy atom. The molecule has 0 rings (SSSR count). The van der Waals surface area contributed by atoms with Gasteiger partial charge in [0.25, 0.3) is 0 Å². The standard InChI is InChI=1S/C16H32O2/c1-4-7-8-10-15(9-5-2)12-11-14(6-3)13-16(17)18/h14-15H,4-13H2,1-3H3,(H,17,18)/t14-,15-/m1/s1. The van der Waals surface area contributed by atoms with Gasteiger partial charge < -0.3 is 5.11 Å². The van der Waals surface area contributed by atoms with Crippen LogP contribution < -0.4 is 0 Å². The molecule has 0 saturated carbocycles. The van der Waals surface area contributed by atoms with Crippen molar-refractivity contribution in [3.63, 3.8) is 0 Å². The summed E-state index contributed by atoms with van der Waals surface area (Å²) in [5.74, 6) is 0.567. The summed E-state index contributed by atoms with van der Waals surface area (Å²) in [6.07, 6.45) is 11.6. The number of hydrogen-bond donors (Lipinski definition) is 1. The monoisotopic (exact) mass is 256 g/mol. The van der Waals surface area contributed by atoms with Crippen molar-refractivity contribution in [1.29, 1.82) is 0 Å². The molecule has 0 bridgehead atoms. The minimum Gasteiger partial charge on any atom is -0.481 e. The van der Waals surface area contributed by atoms with E-state index in [1.165, 1.54) is 44.9 Å². The molecule has 2 heteroatoms. The Balaban J connectivity index is 3.94. The molecule has 18 heavy (non-hydrogen) atoms. The summed E-state index contributed by atoms with van der Waals surface area (Å²) < 4.78 is 0. The van der Waals surface area contributed by atoms with Crippen LogP contribution in [0.15, 0.2) is 0 Å². The van der Waals surface area contributed by atoms with E-state index >= 15 is 0 Å². The molecule has 0 amide bonds. The topological polar surface area (TPSA) is 37.3 Å². The summed E-state index contributed by atoms with van der Waals surface area (Å²) in [6, 6.07) is 0. The van der Waals surface area contributed by atoms with Crippen molar-refractivity contribution in [3.05, 3.63) is 0 Å². The first kappa shape index (κ1) is 17.5. The van der Waals surface area contributed by atoms with Gasteiger partial charge in [-0.2, -0.15) is 0 Å². The Morgan fingerprint density at radius 2 is 1.56 bits per heavy atom. The molecule has 0 aromatic carbocycles. The fourth-order valence-electron chi connectivity index (χ4n) is 2.69. The Labute approximate surface area is 113 Å². The number of rotatable bonds is 12. The molecule has 0 aromatic heterocycles. The number of aliphatic carboxylic acids is 1. The van der Waals surface area contributed by atoms with E-state index in [0.29, 0.717) is 12.3 Å². The zero-order valence-electron chi connectivity index (χ0n) is 12.6. The summed E-state index contributed by atoms with van der Waals surface area (Å²) in [5, 5.41) is 8.86. The third-order valence-corrected chi connectivity index (χ3v) is 3.94. The van der Waals surface area contributed by atoms with Crippen molar-refractivity contribution in [2.24, 2.45) is 11.8 Å². The maximum atomic E-state index is 10.7. The Kier molecular flexibility index (Phi) is 11.2. The molecule has 0 aliphatic carbocycles. The van der Waals surface area contributed by atoms with Crippen LogP contribution in [0.25, 0.3) is 0 Å². The normalized spacial score (nSPS) is 14.4. The molecule has 108 valence electrons. The first-order chi connectivity index (χ1) is 8.63. The number of hydrogen-bond acceptors (Lipinski definition) is 1.